The molecule has 0 bridgehead atoms. The van der Waals surface area contributed by atoms with Crippen LogP contribution in [0.25, 0.3) is 28.1 Å². The van der Waals surface area contributed by atoms with Crippen LogP contribution in [0.3, 0.4) is 0 Å². The van der Waals surface area contributed by atoms with Crippen LogP contribution in [-0.2, 0) is 7.05 Å². The average molecular weight is 455 g/mol. The van der Waals surface area contributed by atoms with Crippen molar-refractivity contribution in [1.82, 2.24) is 9.88 Å². The summed E-state index contributed by atoms with van der Waals surface area (Å²) in [5.74, 6) is -0.789. The predicted molar refractivity (Wildman–Crippen MR) is 129 cm³/mol. The number of ether oxygens (including phenoxy) is 1. The van der Waals surface area contributed by atoms with E-state index in [0.29, 0.717) is 5.69 Å². The molecule has 8 heteroatoms. The number of ketones is 1. The second kappa shape index (κ2) is 8.00. The van der Waals surface area contributed by atoms with E-state index >= 15 is 0 Å². The fourth-order valence-electron chi connectivity index (χ4n) is 4.18. The molecule has 0 saturated carbocycles. The number of aromatic nitrogens is 1. The maximum atomic E-state index is 12.9. The Balaban J connectivity index is 1.59. The zero-order chi connectivity index (χ0) is 24.0. The van der Waals surface area contributed by atoms with Gasteiger partial charge in [-0.05, 0) is 35.4 Å². The molecule has 34 heavy (non-hydrogen) atoms. The van der Waals surface area contributed by atoms with E-state index in [2.05, 4.69) is 10.6 Å². The van der Waals surface area contributed by atoms with E-state index in [4.69, 9.17) is 4.74 Å². The third kappa shape index (κ3) is 3.51. The Labute approximate surface area is 194 Å². The number of aromatic hydroxyl groups is 2. The summed E-state index contributed by atoms with van der Waals surface area (Å²) in [5, 5.41) is 26.0. The number of benzene rings is 3. The van der Waals surface area contributed by atoms with Gasteiger partial charge in [0, 0.05) is 54.6 Å². The lowest BCUT2D eigenvalue weighted by molar-refractivity contribution is 0.101. The van der Waals surface area contributed by atoms with Crippen LogP contribution in [-0.4, -0.2) is 33.6 Å². The van der Waals surface area contributed by atoms with Crippen molar-refractivity contribution in [2.24, 2.45) is 7.05 Å². The van der Waals surface area contributed by atoms with Crippen LogP contribution >= 0.6 is 0 Å². The molecule has 0 fully saturated rings. The first-order valence-electron chi connectivity index (χ1n) is 10.5. The number of nitrogens with zero attached hydrogens (tertiary/aromatic N) is 1. The van der Waals surface area contributed by atoms with Crippen LogP contribution < -0.4 is 15.4 Å². The minimum absolute atomic E-state index is 0.0312. The summed E-state index contributed by atoms with van der Waals surface area (Å²) in [6.45, 7) is 0. The fourth-order valence-corrected chi connectivity index (χ4v) is 4.18. The van der Waals surface area contributed by atoms with Crippen LogP contribution in [0.2, 0.25) is 0 Å². The van der Waals surface area contributed by atoms with E-state index in [0.717, 1.165) is 33.7 Å². The molecule has 2 heterocycles. The summed E-state index contributed by atoms with van der Waals surface area (Å²) in [5.41, 5.74) is 4.30. The maximum absolute atomic E-state index is 12.9. The third-order valence-corrected chi connectivity index (χ3v) is 5.75. The number of anilines is 1. The highest BCUT2D eigenvalue weighted by atomic mass is 16.5. The number of fused-ring (bicyclic) bond motifs is 2. The van der Waals surface area contributed by atoms with Gasteiger partial charge in [0.2, 0.25) is 5.78 Å². The van der Waals surface area contributed by atoms with Gasteiger partial charge in [-0.2, -0.15) is 0 Å². The van der Waals surface area contributed by atoms with Crippen molar-refractivity contribution in [3.63, 3.8) is 0 Å². The number of carbonyl (C=O) groups is 2. The first-order valence-corrected chi connectivity index (χ1v) is 10.5. The maximum Gasteiger partial charge on any atom is 0.318 e. The Hall–Kier alpha value is -4.72. The number of hydrogen-bond acceptors (Lipinski definition) is 5. The van der Waals surface area contributed by atoms with E-state index in [1.165, 1.54) is 6.07 Å². The lowest BCUT2D eigenvalue weighted by Crippen LogP contribution is -2.24. The van der Waals surface area contributed by atoms with Gasteiger partial charge >= 0.3 is 6.03 Å². The lowest BCUT2D eigenvalue weighted by atomic mass is 9.98. The van der Waals surface area contributed by atoms with Gasteiger partial charge in [0.15, 0.2) is 5.76 Å². The molecule has 3 aromatic carbocycles. The Morgan fingerprint density at radius 3 is 2.59 bits per heavy atom. The smallest absolute Gasteiger partial charge is 0.318 e. The summed E-state index contributed by atoms with van der Waals surface area (Å²) < 4.78 is 7.65. The molecule has 4 N–H and O–H groups in total. The highest BCUT2D eigenvalue weighted by Crippen LogP contribution is 2.41. The van der Waals surface area contributed by atoms with Crippen molar-refractivity contribution in [3.05, 3.63) is 77.7 Å². The second-order valence-corrected chi connectivity index (χ2v) is 7.95. The number of phenols is 2. The standard InChI is InChI=1S/C26H21N3O5/c1-27-26(33)28-16-8-6-14(7-9-16)18-4-3-5-19-23(18)15(13-29(19)2)10-22-25(32)24-20(31)11-17(30)12-21(24)34-22/h3-13,30-31H,1-2H3,(H2,27,28,33)/b22-10-. The van der Waals surface area contributed by atoms with Crippen molar-refractivity contribution in [1.29, 1.82) is 0 Å². The molecule has 0 unspecified atom stereocenters. The molecule has 5 rings (SSSR count). The average Bonchev–Trinajstić information content (AvgIpc) is 3.30. The number of aryl methyl sites for hydroxylation is 1. The molecule has 4 aromatic rings. The van der Waals surface area contributed by atoms with Crippen LogP contribution in [0.15, 0.2) is 66.6 Å². The topological polar surface area (TPSA) is 113 Å². The Bertz CT molecular complexity index is 1500. The van der Waals surface area contributed by atoms with E-state index in [9.17, 15) is 19.8 Å². The van der Waals surface area contributed by atoms with E-state index in [-0.39, 0.29) is 34.6 Å². The number of phenolic OH excluding ortho intramolecular Hbond substituents is 2. The van der Waals surface area contributed by atoms with Crippen molar-refractivity contribution in [3.8, 4) is 28.4 Å². The summed E-state index contributed by atoms with van der Waals surface area (Å²) in [6.07, 6.45) is 3.55. The SMILES string of the molecule is CNC(=O)Nc1ccc(-c2cccc3c2c(/C=C2\Oc4cc(O)cc(O)c4C2=O)cn3C)cc1. The van der Waals surface area contributed by atoms with Crippen molar-refractivity contribution >= 4 is 34.5 Å². The number of Topliss-reactive ketones (excluding diaryl/α,β-unsaturated/α-hetero) is 1. The molecule has 170 valence electrons. The zero-order valence-corrected chi connectivity index (χ0v) is 18.4. The van der Waals surface area contributed by atoms with Gasteiger partial charge in [0.1, 0.15) is 22.8 Å². The van der Waals surface area contributed by atoms with Crippen LogP contribution in [0, 0.1) is 0 Å². The minimum atomic E-state index is -0.452. The van der Waals surface area contributed by atoms with Gasteiger partial charge in [-0.25, -0.2) is 4.79 Å². The molecule has 1 aliphatic heterocycles. The number of rotatable bonds is 3. The van der Waals surface area contributed by atoms with Gasteiger partial charge in [-0.15, -0.1) is 0 Å². The predicted octanol–water partition coefficient (Wildman–Crippen LogP) is 4.62. The van der Waals surface area contributed by atoms with Crippen molar-refractivity contribution < 1.29 is 24.5 Å². The first kappa shape index (κ1) is 21.1. The summed E-state index contributed by atoms with van der Waals surface area (Å²) >= 11 is 0. The number of urea groups is 1. The van der Waals surface area contributed by atoms with Gasteiger partial charge in [-0.1, -0.05) is 24.3 Å². The van der Waals surface area contributed by atoms with Crippen LogP contribution in [0.4, 0.5) is 10.5 Å². The molecule has 0 aliphatic carbocycles. The number of nitrogens with one attached hydrogen (secondary N) is 2. The van der Waals surface area contributed by atoms with E-state index in [1.54, 1.807) is 13.1 Å². The third-order valence-electron chi connectivity index (χ3n) is 5.75. The van der Waals surface area contributed by atoms with Crippen LogP contribution in [0.1, 0.15) is 15.9 Å². The van der Waals surface area contributed by atoms with Crippen molar-refractivity contribution in [2.75, 3.05) is 12.4 Å². The Morgan fingerprint density at radius 1 is 1.09 bits per heavy atom. The molecular weight excluding hydrogens is 434 g/mol. The van der Waals surface area contributed by atoms with E-state index < -0.39 is 5.78 Å². The van der Waals surface area contributed by atoms with E-state index in [1.807, 2.05) is 60.3 Å². The number of allylic oxidation sites excluding steroid dienone is 1. The Kier molecular flexibility index (Phi) is 4.98. The van der Waals surface area contributed by atoms with Gasteiger partial charge in [0.05, 0.1) is 0 Å². The molecule has 0 radical (unpaired) electrons. The highest BCUT2D eigenvalue weighted by molar-refractivity contribution is 6.17. The fraction of sp³-hybridized carbons (Fsp3) is 0.0769. The normalized spacial score (nSPS) is 13.7. The molecule has 2 amide bonds. The monoisotopic (exact) mass is 455 g/mol. The first-order chi connectivity index (χ1) is 16.4. The molecule has 1 aromatic heterocycles. The minimum Gasteiger partial charge on any atom is -0.508 e. The summed E-state index contributed by atoms with van der Waals surface area (Å²) in [6, 6.07) is 15.5. The molecule has 0 saturated heterocycles. The Morgan fingerprint density at radius 2 is 1.85 bits per heavy atom. The van der Waals surface area contributed by atoms with Gasteiger partial charge in [-0.3, -0.25) is 4.79 Å². The molecule has 0 atom stereocenters. The molecule has 8 nitrogen and oxygen atoms in total. The molecular formula is C26H21N3O5. The van der Waals surface area contributed by atoms with Crippen LogP contribution in [0.5, 0.6) is 17.2 Å². The van der Waals surface area contributed by atoms with Gasteiger partial charge < -0.3 is 30.2 Å². The molecule has 1 aliphatic rings. The highest BCUT2D eigenvalue weighted by Gasteiger charge is 2.31. The summed E-state index contributed by atoms with van der Waals surface area (Å²) in [4.78, 5) is 24.5. The van der Waals surface area contributed by atoms with Gasteiger partial charge in [0.25, 0.3) is 0 Å². The largest absolute Gasteiger partial charge is 0.508 e. The second-order valence-electron chi connectivity index (χ2n) is 7.95. The van der Waals surface area contributed by atoms with Crippen molar-refractivity contribution in [2.45, 2.75) is 0 Å². The number of hydrogen-bond donors (Lipinski definition) is 4. The molecule has 0 spiro atoms. The number of carbonyl (C=O) groups excluding carboxylic acids is 2. The quantitative estimate of drug-likeness (QED) is 0.337. The number of amides is 2. The zero-order valence-electron chi connectivity index (χ0n) is 18.4. The summed E-state index contributed by atoms with van der Waals surface area (Å²) in [7, 11) is 3.47. The lowest BCUT2D eigenvalue weighted by Gasteiger charge is -2.09.